The molecule has 0 atom stereocenters. The topological polar surface area (TPSA) is 0 Å². The minimum Gasteiger partial charge on any atom is -0.0879 e. The lowest BCUT2D eigenvalue weighted by atomic mass is 9.64. The molecule has 2 fully saturated rings. The van der Waals surface area contributed by atoms with Crippen molar-refractivity contribution in [2.75, 3.05) is 0 Å². The fourth-order valence-corrected chi connectivity index (χ4v) is 4.68. The summed E-state index contributed by atoms with van der Waals surface area (Å²) in [4.78, 5) is 0. The summed E-state index contributed by atoms with van der Waals surface area (Å²) in [6.45, 7) is 0. The third kappa shape index (κ3) is 3.55. The van der Waals surface area contributed by atoms with Crippen molar-refractivity contribution in [1.29, 1.82) is 0 Å². The molecule has 2 bridgehead atoms. The summed E-state index contributed by atoms with van der Waals surface area (Å²) in [5, 5.41) is 0. The van der Waals surface area contributed by atoms with Crippen molar-refractivity contribution in [2.45, 2.75) is 51.4 Å². The molecule has 2 saturated carbocycles. The molecule has 1 aromatic rings. The van der Waals surface area contributed by atoms with Gasteiger partial charge in [0.25, 0.3) is 0 Å². The lowest BCUT2D eigenvalue weighted by molar-refractivity contribution is 0.128. The maximum atomic E-state index is 3.55. The molecule has 1 aromatic carbocycles. The highest BCUT2D eigenvalue weighted by molar-refractivity contribution is 9.10. The first-order valence-corrected chi connectivity index (χ1v) is 9.03. The monoisotopic (exact) mass is 332 g/mol. The summed E-state index contributed by atoms with van der Waals surface area (Å²) in [7, 11) is 0. The highest BCUT2D eigenvalue weighted by Crippen LogP contribution is 2.45. The Labute approximate surface area is 131 Å². The Hall–Kier alpha value is -0.560. The van der Waals surface area contributed by atoms with Crippen molar-refractivity contribution < 1.29 is 0 Å². The Bertz CT molecular complexity index is 441. The first kappa shape index (κ1) is 14.4. The number of fused-ring (bicyclic) bond motifs is 2. The molecule has 0 amide bonds. The zero-order chi connectivity index (χ0) is 13.8. The minimum absolute atomic E-state index is 0.903. The Morgan fingerprint density at radius 3 is 2.40 bits per heavy atom. The molecule has 0 saturated heterocycles. The van der Waals surface area contributed by atoms with Crippen LogP contribution in [0.5, 0.6) is 0 Å². The largest absolute Gasteiger partial charge is 0.0879 e. The summed E-state index contributed by atoms with van der Waals surface area (Å²) in [6.07, 6.45) is 16.3. The lowest BCUT2D eigenvalue weighted by Crippen LogP contribution is -2.30. The molecule has 0 aromatic heterocycles. The number of rotatable bonds is 4. The van der Waals surface area contributed by atoms with E-state index in [4.69, 9.17) is 0 Å². The van der Waals surface area contributed by atoms with E-state index in [0.29, 0.717) is 0 Å². The van der Waals surface area contributed by atoms with Crippen molar-refractivity contribution in [3.05, 3.63) is 46.5 Å². The van der Waals surface area contributed by atoms with E-state index in [9.17, 15) is 0 Å². The van der Waals surface area contributed by atoms with Crippen LogP contribution in [0.3, 0.4) is 0 Å². The molecule has 0 heterocycles. The minimum atomic E-state index is 0.903. The van der Waals surface area contributed by atoms with Gasteiger partial charge in [-0.1, -0.05) is 53.1 Å². The summed E-state index contributed by atoms with van der Waals surface area (Å²) < 4.78 is 1.20. The predicted molar refractivity (Wildman–Crippen MR) is 89.8 cm³/mol. The van der Waals surface area contributed by atoms with Gasteiger partial charge < -0.3 is 0 Å². The van der Waals surface area contributed by atoms with Crippen LogP contribution < -0.4 is 0 Å². The molecule has 2 aliphatic rings. The van der Waals surface area contributed by atoms with Gasteiger partial charge in [0.15, 0.2) is 0 Å². The van der Waals surface area contributed by atoms with Crippen molar-refractivity contribution in [1.82, 2.24) is 0 Å². The van der Waals surface area contributed by atoms with Gasteiger partial charge in [0.1, 0.15) is 0 Å². The third-order valence-electron chi connectivity index (χ3n) is 5.24. The maximum Gasteiger partial charge on any atom is 0.0177 e. The van der Waals surface area contributed by atoms with Crippen molar-refractivity contribution in [2.24, 2.45) is 17.8 Å². The van der Waals surface area contributed by atoms with Crippen LogP contribution in [-0.4, -0.2) is 0 Å². The molecule has 0 unspecified atom stereocenters. The predicted octanol–water partition coefficient (Wildman–Crippen LogP) is 6.15. The number of allylic oxidation sites excluding steroid dienone is 2. The molecule has 1 heteroatoms. The molecule has 2 aliphatic carbocycles. The quantitative estimate of drug-likeness (QED) is 0.579. The standard InChI is InChI=1S/C19H25Br/c20-18-12-3-7-15(14-18)6-1-2-13-19-16-8-4-9-17(19)11-5-10-16/h2-3,7,12-14,16-17,19H,1,4-6,8-11H2/b13-2+. The van der Waals surface area contributed by atoms with E-state index in [0.717, 1.165) is 24.2 Å². The van der Waals surface area contributed by atoms with Gasteiger partial charge in [-0.25, -0.2) is 0 Å². The molecule has 3 rings (SSSR count). The molecular formula is C19H25Br. The number of aryl methyl sites for hydroxylation is 1. The van der Waals surface area contributed by atoms with Crippen molar-refractivity contribution in [3.63, 3.8) is 0 Å². The van der Waals surface area contributed by atoms with Crippen LogP contribution in [0.25, 0.3) is 0 Å². The number of halogens is 1. The van der Waals surface area contributed by atoms with Gasteiger partial charge in [0, 0.05) is 4.47 Å². The zero-order valence-corrected chi connectivity index (χ0v) is 13.8. The Morgan fingerprint density at radius 1 is 1.05 bits per heavy atom. The number of benzene rings is 1. The highest BCUT2D eigenvalue weighted by Gasteiger charge is 2.34. The molecule has 0 spiro atoms. The van der Waals surface area contributed by atoms with E-state index in [1.807, 2.05) is 0 Å². The lowest BCUT2D eigenvalue weighted by Gasteiger charge is -2.41. The Morgan fingerprint density at radius 2 is 1.75 bits per heavy atom. The molecule has 20 heavy (non-hydrogen) atoms. The second-order valence-electron chi connectivity index (χ2n) is 6.56. The maximum absolute atomic E-state index is 3.55. The second kappa shape index (κ2) is 6.93. The first-order chi connectivity index (χ1) is 9.83. The third-order valence-corrected chi connectivity index (χ3v) is 5.73. The van der Waals surface area contributed by atoms with Crippen LogP contribution in [0.2, 0.25) is 0 Å². The van der Waals surface area contributed by atoms with Gasteiger partial charge in [-0.05, 0) is 74.0 Å². The van der Waals surface area contributed by atoms with Crippen LogP contribution in [-0.2, 0) is 6.42 Å². The molecule has 0 nitrogen and oxygen atoms in total. The molecule has 0 radical (unpaired) electrons. The van der Waals surface area contributed by atoms with Crippen molar-refractivity contribution in [3.8, 4) is 0 Å². The molecule has 0 N–H and O–H groups in total. The smallest absolute Gasteiger partial charge is 0.0177 e. The summed E-state index contributed by atoms with van der Waals surface area (Å²) >= 11 is 3.55. The van der Waals surface area contributed by atoms with Gasteiger partial charge in [0.05, 0.1) is 0 Å². The molecular weight excluding hydrogens is 308 g/mol. The van der Waals surface area contributed by atoms with Crippen LogP contribution in [0.1, 0.15) is 50.5 Å². The van der Waals surface area contributed by atoms with Crippen LogP contribution in [0, 0.1) is 17.8 Å². The van der Waals surface area contributed by atoms with Crippen LogP contribution in [0.15, 0.2) is 40.9 Å². The SMILES string of the molecule is Brc1cccc(CC/C=C/C2C3CCCC2CCC3)c1. The van der Waals surface area contributed by atoms with Crippen LogP contribution >= 0.6 is 15.9 Å². The van der Waals surface area contributed by atoms with Gasteiger partial charge in [0.2, 0.25) is 0 Å². The average Bonchev–Trinajstić information content (AvgIpc) is 2.43. The highest BCUT2D eigenvalue weighted by atomic mass is 79.9. The van der Waals surface area contributed by atoms with E-state index < -0.39 is 0 Å². The average molecular weight is 333 g/mol. The van der Waals surface area contributed by atoms with Gasteiger partial charge in [-0.15, -0.1) is 0 Å². The fourth-order valence-electron chi connectivity index (χ4n) is 4.24. The summed E-state index contributed by atoms with van der Waals surface area (Å²) in [5.41, 5.74) is 1.44. The van der Waals surface area contributed by atoms with E-state index in [-0.39, 0.29) is 0 Å². The fraction of sp³-hybridized carbons (Fsp3) is 0.579. The number of hydrogen-bond acceptors (Lipinski definition) is 0. The van der Waals surface area contributed by atoms with E-state index >= 15 is 0 Å². The first-order valence-electron chi connectivity index (χ1n) is 8.24. The van der Waals surface area contributed by atoms with Gasteiger partial charge >= 0.3 is 0 Å². The van der Waals surface area contributed by atoms with E-state index in [1.54, 1.807) is 0 Å². The van der Waals surface area contributed by atoms with Crippen LogP contribution in [0.4, 0.5) is 0 Å². The van der Waals surface area contributed by atoms with Crippen molar-refractivity contribution >= 4 is 15.9 Å². The zero-order valence-electron chi connectivity index (χ0n) is 12.2. The molecule has 108 valence electrons. The second-order valence-corrected chi connectivity index (χ2v) is 7.47. The summed E-state index contributed by atoms with van der Waals surface area (Å²) in [5.74, 6) is 2.91. The van der Waals surface area contributed by atoms with E-state index in [1.165, 1.54) is 55.0 Å². The Balaban J connectivity index is 1.52. The van der Waals surface area contributed by atoms with Gasteiger partial charge in [-0.3, -0.25) is 0 Å². The normalized spacial score (nSPS) is 29.8. The van der Waals surface area contributed by atoms with Gasteiger partial charge in [-0.2, -0.15) is 0 Å². The Kier molecular flexibility index (Phi) is 4.99. The summed E-state index contributed by atoms with van der Waals surface area (Å²) in [6, 6.07) is 8.70. The van der Waals surface area contributed by atoms with E-state index in [2.05, 4.69) is 52.3 Å². The molecule has 0 aliphatic heterocycles. The number of hydrogen-bond donors (Lipinski definition) is 0.